The first-order valence-corrected chi connectivity index (χ1v) is 7.93. The van der Waals surface area contributed by atoms with Crippen LogP contribution in [0.15, 0.2) is 9.59 Å². The molecule has 0 atom stereocenters. The van der Waals surface area contributed by atoms with Crippen LogP contribution in [0.1, 0.15) is 19.3 Å². The van der Waals surface area contributed by atoms with Gasteiger partial charge in [-0.05, 0) is 12.8 Å². The van der Waals surface area contributed by atoms with Crippen molar-refractivity contribution in [3.05, 3.63) is 24.6 Å². The molecule has 120 valence electrons. The van der Waals surface area contributed by atoms with Crippen molar-refractivity contribution >= 4 is 11.2 Å². The van der Waals surface area contributed by atoms with Gasteiger partial charge in [0.15, 0.2) is 0 Å². The summed E-state index contributed by atoms with van der Waals surface area (Å²) in [4.78, 5) is 23.8. The predicted molar refractivity (Wildman–Crippen MR) is 77.4 cm³/mol. The van der Waals surface area contributed by atoms with Crippen molar-refractivity contribution in [2.45, 2.75) is 25.3 Å². The molecule has 2 aromatic rings. The number of nitrogens with two attached hydrogens (primary N) is 1. The van der Waals surface area contributed by atoms with Gasteiger partial charge in [0, 0.05) is 6.04 Å². The first-order chi connectivity index (χ1) is 9.77. The van der Waals surface area contributed by atoms with Gasteiger partial charge in [-0.15, -0.1) is 0 Å². The molecular formula is C13H21N5O2Pt. The molecule has 0 spiro atoms. The molecule has 7 nitrogen and oxygen atoms in total. The third-order valence-electron chi connectivity index (χ3n) is 3.93. The second kappa shape index (κ2) is 5.89. The molecule has 2 heterocycles. The summed E-state index contributed by atoms with van der Waals surface area (Å²) in [6, 6.07) is 0.565. The van der Waals surface area contributed by atoms with Crippen LogP contribution >= 0.6 is 0 Å². The molecule has 0 saturated heterocycles. The van der Waals surface area contributed by atoms with Crippen molar-refractivity contribution in [3.8, 4) is 0 Å². The van der Waals surface area contributed by atoms with Crippen LogP contribution in [0.25, 0.3) is 11.2 Å². The molecule has 1 aliphatic carbocycles. The fourth-order valence-corrected chi connectivity index (χ4v) is 2.82. The topological polar surface area (TPSA) is 79.9 Å². The third kappa shape index (κ3) is 2.64. The largest absolute Gasteiger partial charge is 0.328 e. The van der Waals surface area contributed by atoms with E-state index in [1.54, 1.807) is 11.6 Å². The van der Waals surface area contributed by atoms with Crippen molar-refractivity contribution in [2.75, 3.05) is 0 Å². The van der Waals surface area contributed by atoms with E-state index in [1.165, 1.54) is 30.9 Å². The first kappa shape index (κ1) is 16.2. The molecular weight excluding hydrogens is 453 g/mol. The third-order valence-corrected chi connectivity index (χ3v) is 5.45. The summed E-state index contributed by atoms with van der Waals surface area (Å²) in [5.74, 6) is 0. The van der Waals surface area contributed by atoms with Crippen molar-refractivity contribution in [2.24, 2.45) is 33.9 Å². The Bertz CT molecular complexity index is 851. The number of fused-ring (bicyclic) bond motifs is 1. The number of nitrogens with zero attached hydrogens (tertiary/aromatic N) is 4. The zero-order valence-corrected chi connectivity index (χ0v) is 15.0. The Labute approximate surface area is 133 Å². The maximum atomic E-state index is 12.0. The average Bonchev–Trinajstić information content (AvgIpc) is 2.66. The van der Waals surface area contributed by atoms with Gasteiger partial charge in [0.05, 0.1) is 0 Å². The number of hydrogen-bond donors (Lipinski definition) is 1. The quantitative estimate of drug-likeness (QED) is 0.559. The minimum absolute atomic E-state index is 0.264. The number of imidazole rings is 1. The van der Waals surface area contributed by atoms with Gasteiger partial charge in [0.25, 0.3) is 0 Å². The normalized spacial score (nSPS) is 14.8. The fourth-order valence-electron chi connectivity index (χ4n) is 2.32. The van der Waals surface area contributed by atoms with Crippen molar-refractivity contribution in [1.82, 2.24) is 18.3 Å². The molecule has 2 aromatic heterocycles. The molecule has 0 radical (unpaired) electrons. The second-order valence-electron chi connectivity index (χ2n) is 5.43. The molecule has 0 amide bonds. The van der Waals surface area contributed by atoms with Crippen LogP contribution in [-0.2, 0) is 47.5 Å². The van der Waals surface area contributed by atoms with Crippen LogP contribution in [0.5, 0.6) is 0 Å². The smallest absolute Gasteiger partial charge is 0.00388 e. The van der Waals surface area contributed by atoms with Crippen LogP contribution in [0.4, 0.5) is 0 Å². The average molecular weight is 474 g/mol. The monoisotopic (exact) mass is 474 g/mol. The summed E-state index contributed by atoms with van der Waals surface area (Å²) in [7, 11) is 6.81. The van der Waals surface area contributed by atoms with E-state index in [4.69, 9.17) is 5.73 Å². The summed E-state index contributed by atoms with van der Waals surface area (Å²) in [5, 5.41) is 0. The van der Waals surface area contributed by atoms with Gasteiger partial charge in [-0.25, -0.2) is 0 Å². The second-order valence-corrected chi connectivity index (χ2v) is 6.44. The number of hydrogen-bond acceptors (Lipinski definition) is 3. The molecule has 0 aromatic carbocycles. The molecule has 1 aliphatic rings. The van der Waals surface area contributed by atoms with Gasteiger partial charge in [0.1, 0.15) is 0 Å². The van der Waals surface area contributed by atoms with Crippen LogP contribution < -0.4 is 17.0 Å². The van der Waals surface area contributed by atoms with Crippen LogP contribution in [0.2, 0.25) is 0 Å². The number of aryl methyl sites for hydroxylation is 3. The fraction of sp³-hybridized carbons (Fsp3) is 0.615. The summed E-state index contributed by atoms with van der Waals surface area (Å²) in [6.45, 7) is 0. The Morgan fingerprint density at radius 2 is 1.52 bits per heavy atom. The van der Waals surface area contributed by atoms with E-state index in [9.17, 15) is 9.59 Å². The Morgan fingerprint density at radius 1 is 1.00 bits per heavy atom. The summed E-state index contributed by atoms with van der Waals surface area (Å²) in [5.41, 5.74) is 5.98. The van der Waals surface area contributed by atoms with Gasteiger partial charge in [0.2, 0.25) is 0 Å². The molecule has 0 aliphatic heterocycles. The van der Waals surface area contributed by atoms with E-state index in [1.807, 2.05) is 18.7 Å². The Morgan fingerprint density at radius 3 is 1.95 bits per heavy atom. The van der Waals surface area contributed by atoms with E-state index in [-0.39, 0.29) is 11.2 Å². The van der Waals surface area contributed by atoms with Gasteiger partial charge in [-0.3, -0.25) is 0 Å². The minimum Gasteiger partial charge on any atom is -0.328 e. The van der Waals surface area contributed by atoms with E-state index < -0.39 is 0 Å². The van der Waals surface area contributed by atoms with Gasteiger partial charge in [-0.1, -0.05) is 6.42 Å². The number of aromatic nitrogens is 4. The molecule has 3 rings (SSSR count). The van der Waals surface area contributed by atoms with Crippen molar-refractivity contribution < 1.29 is 19.4 Å². The zero-order chi connectivity index (χ0) is 15.9. The Balaban J connectivity index is 0.000000272. The Hall–Kier alpha value is -1.20. The summed E-state index contributed by atoms with van der Waals surface area (Å²) >= 11 is 2.12. The molecule has 0 bridgehead atoms. The molecule has 8 heteroatoms. The zero-order valence-electron chi connectivity index (χ0n) is 12.7. The summed E-state index contributed by atoms with van der Waals surface area (Å²) < 4.78 is 7.13. The van der Waals surface area contributed by atoms with E-state index in [0.717, 1.165) is 8.37 Å². The van der Waals surface area contributed by atoms with Crippen LogP contribution in [0.3, 0.4) is 0 Å². The van der Waals surface area contributed by atoms with Crippen LogP contribution in [-0.4, -0.2) is 24.3 Å². The van der Waals surface area contributed by atoms with Gasteiger partial charge < -0.3 is 5.73 Å². The van der Waals surface area contributed by atoms with E-state index in [2.05, 4.69) is 19.4 Å². The van der Waals surface area contributed by atoms with E-state index >= 15 is 0 Å². The molecule has 2 N–H and O–H groups in total. The molecule has 0 unspecified atom stereocenters. The number of rotatable bonds is 0. The molecule has 1 saturated carbocycles. The molecule has 1 fully saturated rings. The van der Waals surface area contributed by atoms with Crippen molar-refractivity contribution in [3.63, 3.8) is 0 Å². The van der Waals surface area contributed by atoms with Gasteiger partial charge >= 0.3 is 102 Å². The SMILES string of the molecule is Cn1c(=O)c2c(n(C)c1=O)n(C)[c](=[Pt])n2C.NC1CCC1. The van der Waals surface area contributed by atoms with Crippen molar-refractivity contribution in [1.29, 1.82) is 0 Å². The summed E-state index contributed by atoms with van der Waals surface area (Å²) in [6.07, 6.45) is 3.89. The minimum atomic E-state index is -0.310. The predicted octanol–water partition coefficient (Wildman–Crippen LogP) is -0.509. The standard InChI is InChI=1S/C9H12N4O2.C4H9N.Pt/c1-10-5-11(2)7-6(10)8(14)13(4)9(15)12(7)3;5-4-2-1-3-4;/h1-4H3;4H,1-3,5H2;. The maximum Gasteiger partial charge on any atom is 0.00388 e. The van der Waals surface area contributed by atoms with Crippen LogP contribution in [0, 0.1) is 3.80 Å². The maximum absolute atomic E-state index is 12.0. The molecule has 21 heavy (non-hydrogen) atoms. The van der Waals surface area contributed by atoms with E-state index in [0.29, 0.717) is 17.2 Å². The Kier molecular flexibility index (Phi) is 4.54. The first-order valence-electron chi connectivity index (χ1n) is 6.79. The van der Waals surface area contributed by atoms with Gasteiger partial charge in [-0.2, -0.15) is 0 Å².